The summed E-state index contributed by atoms with van der Waals surface area (Å²) in [6.07, 6.45) is 3.10. The Morgan fingerprint density at radius 1 is 1.21 bits per heavy atom. The summed E-state index contributed by atoms with van der Waals surface area (Å²) in [4.78, 5) is 18.0. The van der Waals surface area contributed by atoms with Crippen LogP contribution in [0.4, 0.5) is 0 Å². The Labute approximate surface area is 108 Å². The minimum Gasteiger partial charge on any atom is -0.508 e. The van der Waals surface area contributed by atoms with Gasteiger partial charge in [0.2, 0.25) is 0 Å². The third-order valence-corrected chi connectivity index (χ3v) is 2.95. The summed E-state index contributed by atoms with van der Waals surface area (Å²) in [7, 11) is 0. The van der Waals surface area contributed by atoms with Crippen LogP contribution in [0.2, 0.25) is 0 Å². The predicted octanol–water partition coefficient (Wildman–Crippen LogP) is 2.63. The molecule has 0 unspecified atom stereocenters. The van der Waals surface area contributed by atoms with Crippen LogP contribution in [0.1, 0.15) is 10.4 Å². The van der Waals surface area contributed by atoms with Crippen LogP contribution in [0.3, 0.4) is 0 Å². The molecule has 2 aromatic heterocycles. The number of carbonyl (C=O) groups is 1. The molecule has 1 aromatic carbocycles. The molecule has 0 saturated carbocycles. The average molecular weight is 254 g/mol. The molecule has 0 aliphatic rings. The number of aromatic nitrogens is 2. The first kappa shape index (κ1) is 11.3. The van der Waals surface area contributed by atoms with Crippen molar-refractivity contribution in [1.82, 2.24) is 9.97 Å². The van der Waals surface area contributed by atoms with Crippen molar-refractivity contribution in [2.75, 3.05) is 0 Å². The molecule has 0 saturated heterocycles. The molecule has 2 heterocycles. The maximum Gasteiger partial charge on any atom is 0.337 e. The first-order valence-electron chi connectivity index (χ1n) is 5.65. The monoisotopic (exact) mass is 254 g/mol. The number of hydrogen-bond acceptors (Lipinski definition) is 3. The van der Waals surface area contributed by atoms with E-state index in [1.54, 1.807) is 30.5 Å². The first-order valence-corrected chi connectivity index (χ1v) is 5.65. The summed E-state index contributed by atoms with van der Waals surface area (Å²) in [5.41, 5.74) is 2.51. The van der Waals surface area contributed by atoms with Gasteiger partial charge in [-0.1, -0.05) is 0 Å². The lowest BCUT2D eigenvalue weighted by Crippen LogP contribution is -1.96. The molecule has 0 amide bonds. The number of pyridine rings is 1. The fourth-order valence-electron chi connectivity index (χ4n) is 2.00. The Hall–Kier alpha value is -2.82. The molecule has 3 N–H and O–H groups in total. The van der Waals surface area contributed by atoms with Crippen molar-refractivity contribution in [3.63, 3.8) is 0 Å². The molecule has 5 heteroatoms. The molecule has 0 spiro atoms. The van der Waals surface area contributed by atoms with Crippen LogP contribution in [0, 0.1) is 0 Å². The maximum absolute atomic E-state index is 10.8. The van der Waals surface area contributed by atoms with Crippen molar-refractivity contribution in [2.45, 2.75) is 0 Å². The van der Waals surface area contributed by atoms with Gasteiger partial charge in [-0.2, -0.15) is 0 Å². The van der Waals surface area contributed by atoms with Gasteiger partial charge in [0.15, 0.2) is 0 Å². The quantitative estimate of drug-likeness (QED) is 0.656. The molecule has 0 aliphatic carbocycles. The van der Waals surface area contributed by atoms with E-state index in [0.717, 1.165) is 16.5 Å². The minimum atomic E-state index is -1.00. The highest BCUT2D eigenvalue weighted by atomic mass is 16.4. The second-order valence-electron chi connectivity index (χ2n) is 4.17. The van der Waals surface area contributed by atoms with Gasteiger partial charge in [0.05, 0.1) is 11.3 Å². The largest absolute Gasteiger partial charge is 0.508 e. The SMILES string of the molecule is O=C(O)c1ccc(-c2c[nH]c3ccc(O)cc23)nc1. The van der Waals surface area contributed by atoms with E-state index in [0.29, 0.717) is 5.69 Å². The summed E-state index contributed by atoms with van der Waals surface area (Å²) < 4.78 is 0. The van der Waals surface area contributed by atoms with Crippen LogP contribution in [0.25, 0.3) is 22.2 Å². The Balaban J connectivity index is 2.13. The van der Waals surface area contributed by atoms with Crippen LogP contribution in [0.5, 0.6) is 5.75 Å². The molecule has 19 heavy (non-hydrogen) atoms. The maximum atomic E-state index is 10.8. The fourth-order valence-corrected chi connectivity index (χ4v) is 2.00. The highest BCUT2D eigenvalue weighted by Gasteiger charge is 2.09. The molecular formula is C14H10N2O3. The van der Waals surface area contributed by atoms with E-state index < -0.39 is 5.97 Å². The topological polar surface area (TPSA) is 86.2 Å². The molecule has 0 aliphatic heterocycles. The van der Waals surface area contributed by atoms with E-state index in [4.69, 9.17) is 5.11 Å². The number of rotatable bonds is 2. The van der Waals surface area contributed by atoms with E-state index >= 15 is 0 Å². The molecule has 3 rings (SSSR count). The first-order chi connectivity index (χ1) is 9.15. The van der Waals surface area contributed by atoms with E-state index in [1.807, 2.05) is 0 Å². The van der Waals surface area contributed by atoms with Crippen LogP contribution in [0.15, 0.2) is 42.7 Å². The van der Waals surface area contributed by atoms with E-state index in [2.05, 4.69) is 9.97 Å². The van der Waals surface area contributed by atoms with Gasteiger partial charge in [0, 0.05) is 28.9 Å². The van der Waals surface area contributed by atoms with E-state index in [-0.39, 0.29) is 11.3 Å². The second kappa shape index (κ2) is 4.13. The molecule has 0 bridgehead atoms. The van der Waals surface area contributed by atoms with Crippen LogP contribution >= 0.6 is 0 Å². The standard InChI is InChI=1S/C14H10N2O3/c17-9-2-4-12-10(5-9)11(7-16-12)13-3-1-8(6-15-13)14(18)19/h1-7,16-17H,(H,18,19). The van der Waals surface area contributed by atoms with Gasteiger partial charge in [-0.05, 0) is 30.3 Å². The van der Waals surface area contributed by atoms with Crippen molar-refractivity contribution in [2.24, 2.45) is 0 Å². The number of nitrogens with zero attached hydrogens (tertiary/aromatic N) is 1. The molecule has 0 fully saturated rings. The lowest BCUT2D eigenvalue weighted by atomic mass is 10.1. The summed E-state index contributed by atoms with van der Waals surface area (Å²) in [5, 5.41) is 19.2. The number of phenolic OH excluding ortho intramolecular Hbond substituents is 1. The Kier molecular flexibility index (Phi) is 2.45. The van der Waals surface area contributed by atoms with Crippen molar-refractivity contribution in [3.8, 4) is 17.0 Å². The zero-order chi connectivity index (χ0) is 13.4. The second-order valence-corrected chi connectivity index (χ2v) is 4.17. The summed E-state index contributed by atoms with van der Waals surface area (Å²) >= 11 is 0. The van der Waals surface area contributed by atoms with Gasteiger partial charge in [0.25, 0.3) is 0 Å². The van der Waals surface area contributed by atoms with Gasteiger partial charge < -0.3 is 15.2 Å². The number of carboxylic acids is 1. The summed E-state index contributed by atoms with van der Waals surface area (Å²) in [5.74, 6) is -0.828. The number of aromatic carboxylic acids is 1. The molecule has 94 valence electrons. The van der Waals surface area contributed by atoms with Crippen LogP contribution in [-0.2, 0) is 0 Å². The normalized spacial score (nSPS) is 10.7. The number of benzene rings is 1. The molecular weight excluding hydrogens is 244 g/mol. The number of phenols is 1. The predicted molar refractivity (Wildman–Crippen MR) is 70.2 cm³/mol. The lowest BCUT2D eigenvalue weighted by Gasteiger charge is -2.00. The molecule has 3 aromatic rings. The zero-order valence-electron chi connectivity index (χ0n) is 9.79. The smallest absolute Gasteiger partial charge is 0.337 e. The fraction of sp³-hybridized carbons (Fsp3) is 0. The van der Waals surface area contributed by atoms with E-state index in [9.17, 15) is 9.90 Å². The molecule has 0 atom stereocenters. The van der Waals surface area contributed by atoms with Gasteiger partial charge in [0.1, 0.15) is 5.75 Å². The van der Waals surface area contributed by atoms with Gasteiger partial charge in [-0.15, -0.1) is 0 Å². The Bertz CT molecular complexity index is 760. The Morgan fingerprint density at radius 3 is 2.74 bits per heavy atom. The minimum absolute atomic E-state index is 0.145. The highest BCUT2D eigenvalue weighted by Crippen LogP contribution is 2.29. The van der Waals surface area contributed by atoms with Crippen molar-refractivity contribution in [1.29, 1.82) is 0 Å². The van der Waals surface area contributed by atoms with Crippen molar-refractivity contribution < 1.29 is 15.0 Å². The third-order valence-electron chi connectivity index (χ3n) is 2.95. The third kappa shape index (κ3) is 1.91. The van der Waals surface area contributed by atoms with Crippen molar-refractivity contribution >= 4 is 16.9 Å². The number of H-pyrrole nitrogens is 1. The number of fused-ring (bicyclic) bond motifs is 1. The van der Waals surface area contributed by atoms with Gasteiger partial charge >= 0.3 is 5.97 Å². The van der Waals surface area contributed by atoms with Gasteiger partial charge in [-0.3, -0.25) is 4.98 Å². The van der Waals surface area contributed by atoms with Crippen LogP contribution < -0.4 is 0 Å². The average Bonchev–Trinajstić information content (AvgIpc) is 2.81. The van der Waals surface area contributed by atoms with Crippen LogP contribution in [-0.4, -0.2) is 26.2 Å². The zero-order valence-corrected chi connectivity index (χ0v) is 9.79. The number of nitrogens with one attached hydrogen (secondary N) is 1. The number of carboxylic acid groups (broad SMARTS) is 1. The number of aromatic hydroxyl groups is 1. The van der Waals surface area contributed by atoms with Crippen molar-refractivity contribution in [3.05, 3.63) is 48.3 Å². The molecule has 5 nitrogen and oxygen atoms in total. The lowest BCUT2D eigenvalue weighted by molar-refractivity contribution is 0.0696. The van der Waals surface area contributed by atoms with Gasteiger partial charge in [-0.25, -0.2) is 4.79 Å². The molecule has 0 radical (unpaired) electrons. The Morgan fingerprint density at radius 2 is 2.05 bits per heavy atom. The van der Waals surface area contributed by atoms with E-state index in [1.165, 1.54) is 12.3 Å². The number of aromatic amines is 1. The summed E-state index contributed by atoms with van der Waals surface area (Å²) in [6.45, 7) is 0. The number of hydrogen-bond donors (Lipinski definition) is 3. The summed E-state index contributed by atoms with van der Waals surface area (Å²) in [6, 6.07) is 8.18. The highest BCUT2D eigenvalue weighted by molar-refractivity contribution is 5.96.